The SMILES string of the molecule is CCOC(=O)/C=C/c1cc(Cl)c(OC)c(Br)c1. The number of carbonyl (C=O) groups is 1. The molecule has 0 heterocycles. The second-order valence-corrected chi connectivity index (χ2v) is 4.36. The predicted octanol–water partition coefficient (Wildman–Crippen LogP) is 3.69. The van der Waals surface area contributed by atoms with Gasteiger partial charge < -0.3 is 9.47 Å². The summed E-state index contributed by atoms with van der Waals surface area (Å²) in [6.07, 6.45) is 2.99. The van der Waals surface area contributed by atoms with E-state index < -0.39 is 0 Å². The zero-order valence-corrected chi connectivity index (χ0v) is 11.8. The lowest BCUT2D eigenvalue weighted by atomic mass is 10.2. The Bertz CT molecular complexity index is 420. The topological polar surface area (TPSA) is 35.5 Å². The second-order valence-electron chi connectivity index (χ2n) is 3.10. The number of hydrogen-bond acceptors (Lipinski definition) is 3. The molecule has 1 aromatic carbocycles. The fourth-order valence-corrected chi connectivity index (χ4v) is 2.28. The average molecular weight is 320 g/mol. The number of benzene rings is 1. The van der Waals surface area contributed by atoms with Crippen LogP contribution in [0, 0.1) is 0 Å². The fraction of sp³-hybridized carbons (Fsp3) is 0.250. The summed E-state index contributed by atoms with van der Waals surface area (Å²) in [5, 5.41) is 0.477. The van der Waals surface area contributed by atoms with Gasteiger partial charge in [-0.25, -0.2) is 4.79 Å². The summed E-state index contributed by atoms with van der Waals surface area (Å²) in [7, 11) is 1.54. The highest BCUT2D eigenvalue weighted by Crippen LogP contribution is 2.34. The van der Waals surface area contributed by atoms with E-state index in [9.17, 15) is 4.79 Å². The van der Waals surface area contributed by atoms with Gasteiger partial charge in [0.15, 0.2) is 5.75 Å². The summed E-state index contributed by atoms with van der Waals surface area (Å²) in [4.78, 5) is 11.1. The molecule has 0 radical (unpaired) electrons. The fourth-order valence-electron chi connectivity index (χ4n) is 1.23. The summed E-state index contributed by atoms with van der Waals surface area (Å²) in [5.74, 6) is 0.190. The number of rotatable bonds is 4. The van der Waals surface area contributed by atoms with E-state index in [2.05, 4.69) is 15.9 Å². The standard InChI is InChI=1S/C12H12BrClO3/c1-3-17-11(15)5-4-8-6-9(13)12(16-2)10(14)7-8/h4-7H,3H2,1-2H3/b5-4+. The van der Waals surface area contributed by atoms with Crippen molar-refractivity contribution in [3.63, 3.8) is 0 Å². The van der Waals surface area contributed by atoms with Crippen molar-refractivity contribution in [1.29, 1.82) is 0 Å². The van der Waals surface area contributed by atoms with Gasteiger partial charge in [0.05, 0.1) is 23.2 Å². The molecule has 0 saturated carbocycles. The maximum atomic E-state index is 11.1. The van der Waals surface area contributed by atoms with Crippen LogP contribution in [0.15, 0.2) is 22.7 Å². The van der Waals surface area contributed by atoms with E-state index in [1.54, 1.807) is 32.2 Å². The summed E-state index contributed by atoms with van der Waals surface area (Å²) in [6, 6.07) is 3.52. The van der Waals surface area contributed by atoms with E-state index in [4.69, 9.17) is 21.1 Å². The van der Waals surface area contributed by atoms with Gasteiger partial charge in [-0.1, -0.05) is 11.6 Å². The molecule has 0 aromatic heterocycles. The number of halogens is 2. The van der Waals surface area contributed by atoms with Crippen molar-refractivity contribution in [2.75, 3.05) is 13.7 Å². The summed E-state index contributed by atoms with van der Waals surface area (Å²) in [6.45, 7) is 2.11. The van der Waals surface area contributed by atoms with Crippen LogP contribution in [0.1, 0.15) is 12.5 Å². The Kier molecular flexibility index (Phi) is 5.51. The van der Waals surface area contributed by atoms with Crippen LogP contribution in [0.25, 0.3) is 6.08 Å². The Labute approximate surface area is 113 Å². The second kappa shape index (κ2) is 6.67. The molecule has 0 bridgehead atoms. The normalized spacial score (nSPS) is 10.6. The highest BCUT2D eigenvalue weighted by atomic mass is 79.9. The zero-order valence-electron chi connectivity index (χ0n) is 9.50. The van der Waals surface area contributed by atoms with Gasteiger partial charge in [0, 0.05) is 6.08 Å². The quantitative estimate of drug-likeness (QED) is 0.627. The smallest absolute Gasteiger partial charge is 0.330 e. The Morgan fingerprint density at radius 3 is 2.76 bits per heavy atom. The van der Waals surface area contributed by atoms with Gasteiger partial charge in [0.25, 0.3) is 0 Å². The van der Waals surface area contributed by atoms with E-state index >= 15 is 0 Å². The van der Waals surface area contributed by atoms with E-state index in [0.29, 0.717) is 17.4 Å². The molecule has 0 aliphatic rings. The zero-order chi connectivity index (χ0) is 12.8. The number of carbonyl (C=O) groups excluding carboxylic acids is 1. The molecule has 0 unspecified atom stereocenters. The van der Waals surface area contributed by atoms with Crippen LogP contribution in [-0.4, -0.2) is 19.7 Å². The maximum Gasteiger partial charge on any atom is 0.330 e. The molecular formula is C12H12BrClO3. The van der Waals surface area contributed by atoms with Crippen molar-refractivity contribution in [2.45, 2.75) is 6.92 Å². The number of ether oxygens (including phenoxy) is 2. The molecular weight excluding hydrogens is 307 g/mol. The molecule has 0 aliphatic carbocycles. The number of esters is 1. The van der Waals surface area contributed by atoms with Crippen molar-refractivity contribution in [3.05, 3.63) is 33.3 Å². The third kappa shape index (κ3) is 4.06. The lowest BCUT2D eigenvalue weighted by molar-refractivity contribution is -0.137. The summed E-state index contributed by atoms with van der Waals surface area (Å²) in [5.41, 5.74) is 0.788. The van der Waals surface area contributed by atoms with Gasteiger partial charge >= 0.3 is 5.97 Å². The Hall–Kier alpha value is -1.00. The highest BCUT2D eigenvalue weighted by molar-refractivity contribution is 9.10. The van der Waals surface area contributed by atoms with Gasteiger partial charge in [-0.15, -0.1) is 0 Å². The molecule has 17 heavy (non-hydrogen) atoms. The van der Waals surface area contributed by atoms with Crippen LogP contribution < -0.4 is 4.74 Å². The molecule has 0 fully saturated rings. The third-order valence-electron chi connectivity index (χ3n) is 1.92. The molecule has 0 atom stereocenters. The summed E-state index contributed by atoms with van der Waals surface area (Å²) < 4.78 is 10.6. The minimum absolute atomic E-state index is 0.357. The number of hydrogen-bond donors (Lipinski definition) is 0. The van der Waals surface area contributed by atoms with E-state index in [0.717, 1.165) is 10.0 Å². The number of methoxy groups -OCH3 is 1. The minimum Gasteiger partial charge on any atom is -0.494 e. The monoisotopic (exact) mass is 318 g/mol. The van der Waals surface area contributed by atoms with Gasteiger partial charge in [-0.05, 0) is 46.6 Å². The van der Waals surface area contributed by atoms with E-state index in [-0.39, 0.29) is 5.97 Å². The van der Waals surface area contributed by atoms with Crippen LogP contribution in [-0.2, 0) is 9.53 Å². The third-order valence-corrected chi connectivity index (χ3v) is 2.79. The van der Waals surface area contributed by atoms with Crippen molar-refractivity contribution in [3.8, 4) is 5.75 Å². The largest absolute Gasteiger partial charge is 0.494 e. The van der Waals surface area contributed by atoms with Crippen LogP contribution in [0.2, 0.25) is 5.02 Å². The molecule has 0 N–H and O–H groups in total. The minimum atomic E-state index is -0.379. The molecule has 1 rings (SSSR count). The first-order valence-corrected chi connectivity index (χ1v) is 6.13. The van der Waals surface area contributed by atoms with E-state index in [1.807, 2.05) is 0 Å². The molecule has 0 aliphatic heterocycles. The first-order valence-electron chi connectivity index (χ1n) is 4.96. The van der Waals surface area contributed by atoms with Gasteiger partial charge in [0.1, 0.15) is 0 Å². The van der Waals surface area contributed by atoms with Gasteiger partial charge in [-0.3, -0.25) is 0 Å². The molecule has 0 amide bonds. The Balaban J connectivity index is 2.90. The molecule has 0 spiro atoms. The first kappa shape index (κ1) is 14.1. The lowest BCUT2D eigenvalue weighted by Crippen LogP contribution is -1.98. The van der Waals surface area contributed by atoms with Crippen LogP contribution in [0.3, 0.4) is 0 Å². The van der Waals surface area contributed by atoms with Crippen LogP contribution in [0.4, 0.5) is 0 Å². The Morgan fingerprint density at radius 2 is 2.24 bits per heavy atom. The van der Waals surface area contributed by atoms with Gasteiger partial charge in [0.2, 0.25) is 0 Å². The van der Waals surface area contributed by atoms with Crippen LogP contribution in [0.5, 0.6) is 5.75 Å². The lowest BCUT2D eigenvalue weighted by Gasteiger charge is -2.06. The summed E-state index contributed by atoms with van der Waals surface area (Å²) >= 11 is 9.34. The molecule has 1 aromatic rings. The van der Waals surface area contributed by atoms with Crippen molar-refractivity contribution in [1.82, 2.24) is 0 Å². The van der Waals surface area contributed by atoms with Crippen molar-refractivity contribution in [2.24, 2.45) is 0 Å². The van der Waals surface area contributed by atoms with E-state index in [1.165, 1.54) is 6.08 Å². The maximum absolute atomic E-state index is 11.1. The molecule has 92 valence electrons. The van der Waals surface area contributed by atoms with Crippen molar-refractivity contribution >= 4 is 39.6 Å². The predicted molar refractivity (Wildman–Crippen MR) is 71.4 cm³/mol. The average Bonchev–Trinajstić information content (AvgIpc) is 2.26. The highest BCUT2D eigenvalue weighted by Gasteiger charge is 2.06. The van der Waals surface area contributed by atoms with Gasteiger partial charge in [-0.2, -0.15) is 0 Å². The van der Waals surface area contributed by atoms with Crippen molar-refractivity contribution < 1.29 is 14.3 Å². The molecule has 3 nitrogen and oxygen atoms in total. The molecule has 0 saturated heterocycles. The first-order chi connectivity index (χ1) is 8.08. The van der Waals surface area contributed by atoms with Crippen LogP contribution >= 0.6 is 27.5 Å². The molecule has 5 heteroatoms. The Morgan fingerprint density at radius 1 is 1.53 bits per heavy atom.